The van der Waals surface area contributed by atoms with E-state index in [-0.39, 0.29) is 11.9 Å². The van der Waals surface area contributed by atoms with E-state index in [1.165, 1.54) is 0 Å². The average molecular weight is 165 g/mol. The number of rotatable bonds is 1. The molecule has 1 heterocycles. The molecule has 0 radical (unpaired) electrons. The first-order valence-corrected chi connectivity index (χ1v) is 3.99. The van der Waals surface area contributed by atoms with E-state index >= 15 is 0 Å². The number of carbonyl (C=O) groups is 1. The van der Waals surface area contributed by atoms with E-state index in [0.29, 0.717) is 0 Å². The Kier molecular flexibility index (Phi) is 1.62. The number of hydrogen-bond donors (Lipinski definition) is 3. The van der Waals surface area contributed by atoms with Gasteiger partial charge in [0.15, 0.2) is 0 Å². The molecule has 0 aromatic carbocycles. The molecule has 12 heavy (non-hydrogen) atoms. The smallest absolute Gasteiger partial charge is 0.240 e. The molecular weight excluding hydrogens is 154 g/mol. The fourth-order valence-corrected chi connectivity index (χ4v) is 1.58. The van der Waals surface area contributed by atoms with Gasteiger partial charge in [0.25, 0.3) is 0 Å². The van der Waals surface area contributed by atoms with E-state index < -0.39 is 0 Å². The highest BCUT2D eigenvalue weighted by Crippen LogP contribution is 2.23. The molecule has 1 aliphatic carbocycles. The maximum Gasteiger partial charge on any atom is 0.240 e. The quantitative estimate of drug-likeness (QED) is 0.493. The van der Waals surface area contributed by atoms with Crippen LogP contribution in [-0.4, -0.2) is 11.9 Å². The Morgan fingerprint density at radius 1 is 1.67 bits per heavy atom. The van der Waals surface area contributed by atoms with Crippen LogP contribution in [0.2, 0.25) is 0 Å². The topological polar surface area (TPSA) is 67.2 Å². The van der Waals surface area contributed by atoms with Gasteiger partial charge in [0.2, 0.25) is 5.91 Å². The Morgan fingerprint density at radius 2 is 2.50 bits per heavy atom. The van der Waals surface area contributed by atoms with Crippen molar-refractivity contribution in [2.24, 2.45) is 5.73 Å². The predicted octanol–water partition coefficient (Wildman–Crippen LogP) is -0.448. The standard InChI is InChI=1S/C8H11N3O/c9-8(12)7-5-3-1-2-4-6(5)10-11-7/h2,4,7,10-11H,1,3H2,(H2,9,12). The summed E-state index contributed by atoms with van der Waals surface area (Å²) < 4.78 is 0. The van der Waals surface area contributed by atoms with Gasteiger partial charge in [-0.1, -0.05) is 6.08 Å². The molecule has 0 fully saturated rings. The van der Waals surface area contributed by atoms with Crippen LogP contribution in [-0.2, 0) is 4.79 Å². The summed E-state index contributed by atoms with van der Waals surface area (Å²) in [5, 5.41) is 0. The van der Waals surface area contributed by atoms with Crippen LogP contribution in [0.4, 0.5) is 0 Å². The Hall–Kier alpha value is -1.29. The summed E-state index contributed by atoms with van der Waals surface area (Å²) in [6.45, 7) is 0. The van der Waals surface area contributed by atoms with Crippen LogP contribution in [0.1, 0.15) is 12.8 Å². The molecule has 1 amide bonds. The molecule has 2 rings (SSSR count). The molecule has 0 aromatic rings. The normalized spacial score (nSPS) is 26.8. The summed E-state index contributed by atoms with van der Waals surface area (Å²) in [6.07, 6.45) is 5.97. The van der Waals surface area contributed by atoms with Crippen LogP contribution < -0.4 is 16.6 Å². The van der Waals surface area contributed by atoms with Gasteiger partial charge in [-0.05, 0) is 24.5 Å². The minimum atomic E-state index is -0.317. The Balaban J connectivity index is 2.27. The number of primary amides is 1. The third-order valence-electron chi connectivity index (χ3n) is 2.19. The number of nitrogens with two attached hydrogens (primary N) is 1. The van der Waals surface area contributed by atoms with Crippen LogP contribution >= 0.6 is 0 Å². The summed E-state index contributed by atoms with van der Waals surface area (Å²) in [5.74, 6) is -0.317. The number of allylic oxidation sites excluding steroid dienone is 2. The minimum Gasteiger partial charge on any atom is -0.368 e. The molecule has 2 aliphatic rings. The Morgan fingerprint density at radius 3 is 3.25 bits per heavy atom. The van der Waals surface area contributed by atoms with Gasteiger partial charge < -0.3 is 11.2 Å². The number of carbonyl (C=O) groups excluding carboxylic acids is 1. The third-order valence-corrected chi connectivity index (χ3v) is 2.19. The van der Waals surface area contributed by atoms with Gasteiger partial charge in [-0.15, -0.1) is 0 Å². The van der Waals surface area contributed by atoms with Crippen molar-refractivity contribution in [2.75, 3.05) is 0 Å². The van der Waals surface area contributed by atoms with Crippen LogP contribution in [0.15, 0.2) is 23.4 Å². The van der Waals surface area contributed by atoms with Gasteiger partial charge in [-0.25, -0.2) is 5.43 Å². The van der Waals surface area contributed by atoms with Crippen molar-refractivity contribution >= 4 is 5.91 Å². The highest BCUT2D eigenvalue weighted by atomic mass is 16.1. The summed E-state index contributed by atoms with van der Waals surface area (Å²) in [4.78, 5) is 10.9. The maximum absolute atomic E-state index is 10.9. The second-order valence-corrected chi connectivity index (χ2v) is 2.98. The lowest BCUT2D eigenvalue weighted by atomic mass is 9.97. The molecular formula is C8H11N3O. The molecule has 0 aromatic heterocycles. The third kappa shape index (κ3) is 1.00. The minimum absolute atomic E-state index is 0.315. The van der Waals surface area contributed by atoms with Crippen LogP contribution in [0, 0.1) is 0 Å². The number of amides is 1. The molecule has 0 bridgehead atoms. The van der Waals surface area contributed by atoms with Gasteiger partial charge in [0, 0.05) is 5.70 Å². The lowest BCUT2D eigenvalue weighted by Crippen LogP contribution is -2.42. The fourth-order valence-electron chi connectivity index (χ4n) is 1.58. The number of hydrogen-bond acceptors (Lipinski definition) is 3. The van der Waals surface area contributed by atoms with Gasteiger partial charge >= 0.3 is 0 Å². The van der Waals surface area contributed by atoms with E-state index in [1.807, 2.05) is 6.08 Å². The molecule has 64 valence electrons. The molecule has 1 atom stereocenters. The van der Waals surface area contributed by atoms with Crippen molar-refractivity contribution in [1.82, 2.24) is 10.9 Å². The summed E-state index contributed by atoms with van der Waals surface area (Å²) >= 11 is 0. The zero-order chi connectivity index (χ0) is 8.55. The van der Waals surface area contributed by atoms with Crippen molar-refractivity contribution in [1.29, 1.82) is 0 Å². The molecule has 0 saturated heterocycles. The average Bonchev–Trinajstić information content (AvgIpc) is 2.47. The van der Waals surface area contributed by atoms with Crippen molar-refractivity contribution < 1.29 is 4.79 Å². The van der Waals surface area contributed by atoms with Gasteiger partial charge in [-0.3, -0.25) is 4.79 Å². The summed E-state index contributed by atoms with van der Waals surface area (Å²) in [5.41, 5.74) is 13.1. The molecule has 4 heteroatoms. The molecule has 4 nitrogen and oxygen atoms in total. The van der Waals surface area contributed by atoms with Gasteiger partial charge in [0.1, 0.15) is 6.04 Å². The van der Waals surface area contributed by atoms with Crippen LogP contribution in [0.5, 0.6) is 0 Å². The van der Waals surface area contributed by atoms with E-state index in [4.69, 9.17) is 5.73 Å². The van der Waals surface area contributed by atoms with Crippen molar-refractivity contribution in [3.05, 3.63) is 23.4 Å². The molecule has 1 unspecified atom stereocenters. The second kappa shape index (κ2) is 2.64. The highest BCUT2D eigenvalue weighted by Gasteiger charge is 2.28. The first-order valence-electron chi connectivity index (χ1n) is 3.99. The molecule has 0 saturated carbocycles. The molecule has 4 N–H and O–H groups in total. The first-order chi connectivity index (χ1) is 5.79. The van der Waals surface area contributed by atoms with Gasteiger partial charge in [0.05, 0.1) is 0 Å². The van der Waals surface area contributed by atoms with E-state index in [0.717, 1.165) is 24.1 Å². The lowest BCUT2D eigenvalue weighted by Gasteiger charge is -2.10. The maximum atomic E-state index is 10.9. The van der Waals surface area contributed by atoms with Crippen molar-refractivity contribution in [3.63, 3.8) is 0 Å². The number of nitrogens with one attached hydrogen (secondary N) is 2. The van der Waals surface area contributed by atoms with Crippen LogP contribution in [0.25, 0.3) is 0 Å². The molecule has 1 aliphatic heterocycles. The highest BCUT2D eigenvalue weighted by molar-refractivity contribution is 5.84. The first kappa shape index (κ1) is 7.36. The summed E-state index contributed by atoms with van der Waals surface area (Å²) in [6, 6.07) is -0.315. The Bertz CT molecular complexity index is 280. The van der Waals surface area contributed by atoms with Gasteiger partial charge in [-0.2, -0.15) is 0 Å². The van der Waals surface area contributed by atoms with E-state index in [2.05, 4.69) is 16.9 Å². The van der Waals surface area contributed by atoms with Crippen LogP contribution in [0.3, 0.4) is 0 Å². The number of hydrazine groups is 1. The van der Waals surface area contributed by atoms with E-state index in [9.17, 15) is 4.79 Å². The van der Waals surface area contributed by atoms with E-state index in [1.54, 1.807) is 0 Å². The monoisotopic (exact) mass is 165 g/mol. The largest absolute Gasteiger partial charge is 0.368 e. The molecule has 0 spiro atoms. The second-order valence-electron chi connectivity index (χ2n) is 2.98. The summed E-state index contributed by atoms with van der Waals surface area (Å²) in [7, 11) is 0. The lowest BCUT2D eigenvalue weighted by molar-refractivity contribution is -0.119. The Labute approximate surface area is 70.5 Å². The predicted molar refractivity (Wildman–Crippen MR) is 44.7 cm³/mol. The van der Waals surface area contributed by atoms with Crippen molar-refractivity contribution in [2.45, 2.75) is 18.9 Å². The fraction of sp³-hybridized carbons (Fsp3) is 0.375. The zero-order valence-electron chi connectivity index (χ0n) is 6.63. The SMILES string of the molecule is NC(=O)C1NNC2=C1CCC=C2. The van der Waals surface area contributed by atoms with Crippen molar-refractivity contribution in [3.8, 4) is 0 Å². The zero-order valence-corrected chi connectivity index (χ0v) is 6.63.